The lowest BCUT2D eigenvalue weighted by Crippen LogP contribution is -2.48. The fourth-order valence-electron chi connectivity index (χ4n) is 5.03. The van der Waals surface area contributed by atoms with Gasteiger partial charge in [0.25, 0.3) is 0 Å². The number of hydrogen-bond donors (Lipinski definition) is 1. The van der Waals surface area contributed by atoms with E-state index >= 15 is 0 Å². The van der Waals surface area contributed by atoms with Gasteiger partial charge >= 0.3 is 0 Å². The second kappa shape index (κ2) is 11.4. The zero-order valence-electron chi connectivity index (χ0n) is 20.5. The largest absolute Gasteiger partial charge is 0.361 e. The van der Waals surface area contributed by atoms with Crippen LogP contribution in [-0.4, -0.2) is 45.7 Å². The van der Waals surface area contributed by atoms with Crippen LogP contribution in [0, 0.1) is 5.92 Å². The van der Waals surface area contributed by atoms with Gasteiger partial charge in [-0.25, -0.2) is 0 Å². The maximum absolute atomic E-state index is 13.6. The molecular formula is C29H37N3O2. The molecule has 1 aliphatic carbocycles. The van der Waals surface area contributed by atoms with Crippen molar-refractivity contribution in [1.29, 1.82) is 0 Å². The highest BCUT2D eigenvalue weighted by molar-refractivity contribution is 5.86. The first-order valence-corrected chi connectivity index (χ1v) is 12.7. The topological polar surface area (TPSA) is 56.4 Å². The van der Waals surface area contributed by atoms with Crippen LogP contribution in [0.1, 0.15) is 57.1 Å². The smallest absolute Gasteiger partial charge is 0.242 e. The summed E-state index contributed by atoms with van der Waals surface area (Å²) >= 11 is 0. The zero-order chi connectivity index (χ0) is 23.9. The second-order valence-electron chi connectivity index (χ2n) is 9.81. The van der Waals surface area contributed by atoms with Crippen LogP contribution in [0.5, 0.6) is 0 Å². The van der Waals surface area contributed by atoms with Gasteiger partial charge in [0.15, 0.2) is 0 Å². The quantitative estimate of drug-likeness (QED) is 0.456. The number of rotatable bonds is 9. The number of carbonyl (C=O) groups is 2. The normalized spacial score (nSPS) is 14.4. The number of carbonyl (C=O) groups excluding carboxylic acids is 2. The summed E-state index contributed by atoms with van der Waals surface area (Å²) in [5, 5.41) is 1.20. The van der Waals surface area contributed by atoms with Crippen molar-refractivity contribution in [1.82, 2.24) is 14.8 Å². The summed E-state index contributed by atoms with van der Waals surface area (Å²) in [7, 11) is 0. The summed E-state index contributed by atoms with van der Waals surface area (Å²) in [6.45, 7) is 5.33. The number of H-pyrrole nitrogens is 1. The van der Waals surface area contributed by atoms with Crippen molar-refractivity contribution in [3.8, 4) is 0 Å². The van der Waals surface area contributed by atoms with E-state index in [1.165, 1.54) is 17.4 Å². The number of aromatic nitrogens is 1. The Morgan fingerprint density at radius 2 is 1.68 bits per heavy atom. The summed E-state index contributed by atoms with van der Waals surface area (Å²) in [4.78, 5) is 34.0. The molecule has 0 aliphatic heterocycles. The van der Waals surface area contributed by atoms with Crippen LogP contribution < -0.4 is 0 Å². The standard InChI is InChI=1S/C29H37N3O2/c1-22(2)32(29(34)24-13-7-4-8-14-24)21-28(33)31(20-23-11-5-3-6-12-23)18-17-25-19-30-27-16-10-9-15-26(25)27/h3,5-6,9-12,15-16,19,22,24,30H,4,7-8,13-14,17-18,20-21H2,1-2H3. The minimum Gasteiger partial charge on any atom is -0.361 e. The average Bonchev–Trinajstić information content (AvgIpc) is 3.28. The Kier molecular flexibility index (Phi) is 8.04. The number of amides is 2. The Bertz CT molecular complexity index is 1080. The predicted octanol–water partition coefficient (Wildman–Crippen LogP) is 5.56. The predicted molar refractivity (Wildman–Crippen MR) is 137 cm³/mol. The van der Waals surface area contributed by atoms with Gasteiger partial charge in [-0.15, -0.1) is 0 Å². The van der Waals surface area contributed by atoms with Gasteiger partial charge in [0.05, 0.1) is 6.54 Å². The molecule has 5 heteroatoms. The van der Waals surface area contributed by atoms with Crippen molar-refractivity contribution in [3.63, 3.8) is 0 Å². The SMILES string of the molecule is CC(C)N(CC(=O)N(CCc1c[nH]c2ccccc12)Cc1ccccc1)C(=O)C1CCCCC1. The first-order chi connectivity index (χ1) is 16.5. The molecule has 1 N–H and O–H groups in total. The van der Waals surface area contributed by atoms with Crippen molar-refractivity contribution < 1.29 is 9.59 Å². The summed E-state index contributed by atoms with van der Waals surface area (Å²) in [5.74, 6) is 0.235. The van der Waals surface area contributed by atoms with Gasteiger partial charge in [-0.3, -0.25) is 9.59 Å². The molecule has 2 amide bonds. The molecule has 2 aromatic carbocycles. The minimum absolute atomic E-state index is 0.00516. The van der Waals surface area contributed by atoms with Gasteiger partial charge in [-0.2, -0.15) is 0 Å². The molecule has 5 nitrogen and oxygen atoms in total. The molecule has 1 fully saturated rings. The maximum Gasteiger partial charge on any atom is 0.242 e. The van der Waals surface area contributed by atoms with E-state index in [0.717, 1.165) is 43.2 Å². The van der Waals surface area contributed by atoms with E-state index in [4.69, 9.17) is 0 Å². The van der Waals surface area contributed by atoms with Crippen LogP contribution in [0.3, 0.4) is 0 Å². The van der Waals surface area contributed by atoms with Gasteiger partial charge in [0, 0.05) is 42.1 Å². The number of hydrogen-bond acceptors (Lipinski definition) is 2. The van der Waals surface area contributed by atoms with Crippen molar-refractivity contribution in [2.75, 3.05) is 13.1 Å². The molecule has 4 rings (SSSR count). The number of para-hydroxylation sites is 1. The molecule has 1 heterocycles. The Balaban J connectivity index is 1.49. The van der Waals surface area contributed by atoms with E-state index in [1.807, 2.05) is 60.2 Å². The second-order valence-corrected chi connectivity index (χ2v) is 9.81. The third-order valence-corrected chi connectivity index (χ3v) is 7.06. The Labute approximate surface area is 203 Å². The third-order valence-electron chi connectivity index (χ3n) is 7.06. The fourth-order valence-corrected chi connectivity index (χ4v) is 5.03. The lowest BCUT2D eigenvalue weighted by atomic mass is 9.88. The van der Waals surface area contributed by atoms with Gasteiger partial charge in [0.2, 0.25) is 11.8 Å². The first-order valence-electron chi connectivity index (χ1n) is 12.7. The molecule has 1 aromatic heterocycles. The van der Waals surface area contributed by atoms with E-state index in [-0.39, 0.29) is 30.3 Å². The van der Waals surface area contributed by atoms with Crippen LogP contribution in [0.25, 0.3) is 10.9 Å². The van der Waals surface area contributed by atoms with Gasteiger partial charge in [-0.05, 0) is 50.3 Å². The maximum atomic E-state index is 13.6. The van der Waals surface area contributed by atoms with Crippen LogP contribution in [0.2, 0.25) is 0 Å². The first kappa shape index (κ1) is 24.1. The molecule has 0 unspecified atom stereocenters. The highest BCUT2D eigenvalue weighted by Crippen LogP contribution is 2.26. The molecule has 34 heavy (non-hydrogen) atoms. The van der Waals surface area contributed by atoms with E-state index in [0.29, 0.717) is 13.1 Å². The molecule has 180 valence electrons. The van der Waals surface area contributed by atoms with Crippen molar-refractivity contribution >= 4 is 22.7 Å². The van der Waals surface area contributed by atoms with Crippen molar-refractivity contribution in [2.24, 2.45) is 5.92 Å². The van der Waals surface area contributed by atoms with Gasteiger partial charge < -0.3 is 14.8 Å². The minimum atomic E-state index is 0.00516. The van der Waals surface area contributed by atoms with E-state index in [9.17, 15) is 9.59 Å². The van der Waals surface area contributed by atoms with E-state index in [2.05, 4.69) is 29.2 Å². The number of nitrogens with zero attached hydrogens (tertiary/aromatic N) is 2. The van der Waals surface area contributed by atoms with E-state index in [1.54, 1.807) is 0 Å². The monoisotopic (exact) mass is 459 g/mol. The number of nitrogens with one attached hydrogen (secondary N) is 1. The number of benzene rings is 2. The average molecular weight is 460 g/mol. The summed E-state index contributed by atoms with van der Waals surface area (Å²) in [6.07, 6.45) is 8.14. The molecule has 3 aromatic rings. The summed E-state index contributed by atoms with van der Waals surface area (Å²) in [5.41, 5.74) is 3.42. The summed E-state index contributed by atoms with van der Waals surface area (Å²) < 4.78 is 0. The molecule has 0 spiro atoms. The fraction of sp³-hybridized carbons (Fsp3) is 0.448. The highest BCUT2D eigenvalue weighted by Gasteiger charge is 2.30. The summed E-state index contributed by atoms with van der Waals surface area (Å²) in [6, 6.07) is 18.4. The number of fused-ring (bicyclic) bond motifs is 1. The van der Waals surface area contributed by atoms with Crippen LogP contribution in [0.4, 0.5) is 0 Å². The molecule has 0 saturated heterocycles. The number of aromatic amines is 1. The highest BCUT2D eigenvalue weighted by atomic mass is 16.2. The van der Waals surface area contributed by atoms with Crippen LogP contribution in [0.15, 0.2) is 60.8 Å². The molecule has 1 saturated carbocycles. The molecular weight excluding hydrogens is 422 g/mol. The molecule has 1 aliphatic rings. The van der Waals surface area contributed by atoms with Gasteiger partial charge in [-0.1, -0.05) is 67.8 Å². The molecule has 0 radical (unpaired) electrons. The lowest BCUT2D eigenvalue weighted by Gasteiger charge is -2.33. The lowest BCUT2D eigenvalue weighted by molar-refractivity contribution is -0.145. The Hall–Kier alpha value is -3.08. The van der Waals surface area contributed by atoms with Crippen LogP contribution >= 0.6 is 0 Å². The Morgan fingerprint density at radius 1 is 0.971 bits per heavy atom. The molecule has 0 atom stereocenters. The van der Waals surface area contributed by atoms with Gasteiger partial charge in [0.1, 0.15) is 0 Å². The van der Waals surface area contributed by atoms with Crippen molar-refractivity contribution in [3.05, 3.63) is 71.9 Å². The zero-order valence-corrected chi connectivity index (χ0v) is 20.5. The third kappa shape index (κ3) is 5.88. The molecule has 0 bridgehead atoms. The van der Waals surface area contributed by atoms with Crippen molar-refractivity contribution in [2.45, 2.75) is 65.0 Å². The Morgan fingerprint density at radius 3 is 2.41 bits per heavy atom. The van der Waals surface area contributed by atoms with E-state index < -0.39 is 0 Å². The van der Waals surface area contributed by atoms with Crippen LogP contribution in [-0.2, 0) is 22.6 Å².